The van der Waals surface area contributed by atoms with E-state index in [9.17, 15) is 58.7 Å². The highest BCUT2D eigenvalue weighted by atomic mass is 32.2. The third-order valence-electron chi connectivity index (χ3n) is 19.1. The molecule has 0 unspecified atom stereocenters. The number of hydrogen-bond acceptors (Lipinski definition) is 13. The number of rotatable bonds is 16. The monoisotopic (exact) mass is 1680 g/mol. The number of ether oxygens (including phenoxy) is 1. The zero-order valence-electron chi connectivity index (χ0n) is 65.3. The molecule has 12 aromatic rings. The Morgan fingerprint density at radius 1 is 0.415 bits per heavy atom. The molecule has 622 valence electrons. The molecular formula is C92H75F6N13O11S. The van der Waals surface area contributed by atoms with Gasteiger partial charge in [-0.3, -0.25) is 34.1 Å². The standard InChI is InChI=1S/C22H18FN3O.C21H17FN4O3S.C18H18N2O3.C16H11F3N2O2.C15H11FN2O2/c1-15-7-8-17-13-20(22(27)24-14-16-5-3-2-4-6-16)25-21(17)26(15)19-11-9-18(23)10-12-19;1-13-2-3-14-12-19(25-20(14)26(13)17-8-4-15(22)5-9-17)21(27)24-16-6-10-18(11-7-16)30(23,28)29;1-11(2)23-15-8-6-14(7-9-15)20-12(3)4-5-13-10-16(18(21)22)19-17(13)20;1-9-2-3-10-8-13(15(22)23)20-14(10)21(9)12-6-4-11(5-7-12)16(17,18)19;1-9-2-3-10-8-13(15(19)20)17-14(10)18(9)12-6-4-11(16)5-7-12/h2-13,25H,1,14H2,(H,24,27);2-12,25H,1H2,(H,24,27)(H2,23,28,29);4-11,19H,3H2,1-2H3,(H,21,22);2-8,20H,1H2,(H,22,23);2-8,17H,1H2,(H,19,20). The Bertz CT molecular complexity index is 6420. The SMILES string of the molecule is C=C1C=Cc2cc(C(=O)NCc3ccccc3)[nH]c2N1c1ccc(F)cc1.C=C1C=Cc2cc(C(=O)Nc3ccc(S(N)(=O)=O)cc3)[nH]c2N1c1ccc(F)cc1.C=C1C=Cc2cc(C(=O)O)[nH]c2N1c1ccc(C(F)(F)F)cc1.C=C1C=Cc2cc(C(=O)O)[nH]c2N1c1ccc(F)cc1.C=C1C=Cc2cc(C(=O)O)[nH]c2N1c1ccc(OC(C)C)cc1. The van der Waals surface area contributed by atoms with Crippen molar-refractivity contribution in [3.63, 3.8) is 0 Å². The molecule has 7 aromatic carbocycles. The summed E-state index contributed by atoms with van der Waals surface area (Å²) in [6.07, 6.45) is 13.7. The van der Waals surface area contributed by atoms with Crippen molar-refractivity contribution in [2.45, 2.75) is 37.6 Å². The van der Waals surface area contributed by atoms with Crippen LogP contribution in [0.15, 0.2) is 303 Å². The van der Waals surface area contributed by atoms with Crippen LogP contribution in [0.5, 0.6) is 5.75 Å². The van der Waals surface area contributed by atoms with Gasteiger partial charge < -0.3 is 55.6 Å². The van der Waals surface area contributed by atoms with E-state index >= 15 is 0 Å². The number of nitrogens with zero attached hydrogens (tertiary/aromatic N) is 5. The third kappa shape index (κ3) is 19.6. The highest BCUT2D eigenvalue weighted by Crippen LogP contribution is 2.43. The van der Waals surface area contributed by atoms with Crippen molar-refractivity contribution in [1.82, 2.24) is 30.2 Å². The summed E-state index contributed by atoms with van der Waals surface area (Å²) in [4.78, 5) is 82.1. The molecule has 0 saturated heterocycles. The number of anilines is 11. The van der Waals surface area contributed by atoms with E-state index in [0.717, 1.165) is 74.3 Å². The van der Waals surface area contributed by atoms with E-state index in [1.807, 2.05) is 109 Å². The van der Waals surface area contributed by atoms with Gasteiger partial charge in [-0.2, -0.15) is 13.2 Å². The first-order valence-corrected chi connectivity index (χ1v) is 38.8. The number of hydrogen-bond donors (Lipinski definition) is 11. The van der Waals surface area contributed by atoms with Gasteiger partial charge in [0.15, 0.2) is 0 Å². The van der Waals surface area contributed by atoms with Crippen LogP contribution in [0, 0.1) is 17.5 Å². The second kappa shape index (κ2) is 35.7. The van der Waals surface area contributed by atoms with Crippen molar-refractivity contribution in [2.75, 3.05) is 29.8 Å². The van der Waals surface area contributed by atoms with Gasteiger partial charge in [-0.15, -0.1) is 0 Å². The number of benzene rings is 7. The molecule has 10 heterocycles. The number of amides is 2. The second-order valence-electron chi connectivity index (χ2n) is 28.0. The van der Waals surface area contributed by atoms with E-state index < -0.39 is 45.6 Å². The minimum Gasteiger partial charge on any atom is -0.491 e. The van der Waals surface area contributed by atoms with Crippen LogP contribution in [0.25, 0.3) is 30.4 Å². The zero-order valence-corrected chi connectivity index (χ0v) is 66.1. The summed E-state index contributed by atoms with van der Waals surface area (Å²) in [6, 6.07) is 53.6. The fourth-order valence-corrected chi connectivity index (χ4v) is 13.8. The number of allylic oxidation sites excluding steroid dienone is 5. The molecule has 0 bridgehead atoms. The normalized spacial score (nSPS) is 13.3. The first-order chi connectivity index (χ1) is 58.6. The minimum atomic E-state index is -4.41. The second-order valence-corrected chi connectivity index (χ2v) is 29.5. The van der Waals surface area contributed by atoms with E-state index in [1.54, 1.807) is 106 Å². The van der Waals surface area contributed by atoms with Gasteiger partial charge in [-0.05, 0) is 256 Å². The molecule has 0 saturated carbocycles. The summed E-state index contributed by atoms with van der Waals surface area (Å²) in [7, 11) is -3.81. The number of alkyl halides is 3. The van der Waals surface area contributed by atoms with Crippen LogP contribution in [-0.2, 0) is 22.7 Å². The molecule has 0 atom stereocenters. The molecule has 5 aliphatic heterocycles. The Kier molecular flexibility index (Phi) is 24.6. The number of aromatic carboxylic acids is 3. The number of nitrogens with two attached hydrogens (primary N) is 1. The first kappa shape index (κ1) is 84.9. The van der Waals surface area contributed by atoms with E-state index in [-0.39, 0.29) is 51.4 Å². The summed E-state index contributed by atoms with van der Waals surface area (Å²) in [6.45, 7) is 24.3. The lowest BCUT2D eigenvalue weighted by Crippen LogP contribution is -2.23. The number of halogens is 6. The molecular weight excluding hydrogens is 1610 g/mol. The Balaban J connectivity index is 0.000000133. The van der Waals surface area contributed by atoms with Crippen molar-refractivity contribution in [3.8, 4) is 5.75 Å². The number of sulfonamides is 1. The van der Waals surface area contributed by atoms with Crippen molar-refractivity contribution in [2.24, 2.45) is 5.14 Å². The van der Waals surface area contributed by atoms with Crippen LogP contribution < -0.4 is 45.0 Å². The molecule has 0 spiro atoms. The molecule has 24 nitrogen and oxygen atoms in total. The number of carbonyl (C=O) groups is 5. The summed E-state index contributed by atoms with van der Waals surface area (Å²) in [5.41, 5.74) is 12.3. The smallest absolute Gasteiger partial charge is 0.416 e. The van der Waals surface area contributed by atoms with Crippen LogP contribution in [0.4, 0.5) is 89.6 Å². The van der Waals surface area contributed by atoms with Crippen LogP contribution in [0.3, 0.4) is 0 Å². The van der Waals surface area contributed by atoms with Gasteiger partial charge in [0, 0.05) is 97.0 Å². The van der Waals surface area contributed by atoms with Gasteiger partial charge >= 0.3 is 24.1 Å². The quantitative estimate of drug-likeness (QED) is 0.0400. The third-order valence-corrected chi connectivity index (χ3v) is 20.0. The van der Waals surface area contributed by atoms with Gasteiger partial charge in [0.25, 0.3) is 11.8 Å². The number of aromatic nitrogens is 5. The highest BCUT2D eigenvalue weighted by Gasteiger charge is 2.33. The summed E-state index contributed by atoms with van der Waals surface area (Å²) in [5, 5.41) is 38.0. The topological polar surface area (TPSA) is 335 Å². The van der Waals surface area contributed by atoms with Gasteiger partial charge in [-0.25, -0.2) is 41.1 Å². The molecule has 17 rings (SSSR count). The number of carbonyl (C=O) groups excluding carboxylic acids is 2. The van der Waals surface area contributed by atoms with E-state index in [0.29, 0.717) is 86.6 Å². The maximum Gasteiger partial charge on any atom is 0.416 e. The molecule has 12 N–H and O–H groups in total. The number of carboxylic acids is 3. The van der Waals surface area contributed by atoms with Crippen LogP contribution in [0.1, 0.15) is 105 Å². The summed E-state index contributed by atoms with van der Waals surface area (Å²) >= 11 is 0. The highest BCUT2D eigenvalue weighted by molar-refractivity contribution is 7.89. The van der Waals surface area contributed by atoms with Gasteiger partial charge in [0.1, 0.15) is 80.8 Å². The first-order valence-electron chi connectivity index (χ1n) is 37.3. The van der Waals surface area contributed by atoms with E-state index in [4.69, 9.17) is 25.2 Å². The molecule has 0 aliphatic carbocycles. The lowest BCUT2D eigenvalue weighted by atomic mass is 10.1. The zero-order chi connectivity index (χ0) is 87.9. The largest absolute Gasteiger partial charge is 0.491 e. The van der Waals surface area contributed by atoms with Crippen molar-refractivity contribution in [1.29, 1.82) is 0 Å². The van der Waals surface area contributed by atoms with Crippen LogP contribution in [-0.4, -0.2) is 84.5 Å². The molecule has 5 aromatic heterocycles. The number of H-pyrrole nitrogens is 5. The van der Waals surface area contributed by atoms with Crippen LogP contribution >= 0.6 is 0 Å². The average molecular weight is 1680 g/mol. The molecule has 0 radical (unpaired) electrons. The number of aromatic amines is 5. The lowest BCUT2D eigenvalue weighted by Gasteiger charge is -2.27. The molecule has 31 heteroatoms. The number of fused-ring (bicyclic) bond motifs is 5. The molecule has 123 heavy (non-hydrogen) atoms. The van der Waals surface area contributed by atoms with Gasteiger partial charge in [-0.1, -0.05) is 63.2 Å². The van der Waals surface area contributed by atoms with Crippen molar-refractivity contribution >= 4 is 133 Å². The average Bonchev–Trinajstić information content (AvgIpc) is 1.54. The Morgan fingerprint density at radius 3 is 1.01 bits per heavy atom. The number of nitrogens with one attached hydrogen (secondary N) is 7. The fourth-order valence-electron chi connectivity index (χ4n) is 13.3. The van der Waals surface area contributed by atoms with Gasteiger partial charge in [0.05, 0.1) is 16.6 Å². The maximum absolute atomic E-state index is 13.3. The molecule has 5 aliphatic rings. The fraction of sp³-hybridized carbons (Fsp3) is 0.0543. The van der Waals surface area contributed by atoms with E-state index in [1.165, 1.54) is 78.9 Å². The number of carboxylic acid groups (broad SMARTS) is 3. The van der Waals surface area contributed by atoms with Crippen molar-refractivity contribution in [3.05, 3.63) is 383 Å². The Morgan fingerprint density at radius 2 is 0.707 bits per heavy atom. The Labute approximate surface area is 699 Å². The number of primary sulfonamides is 1. The summed E-state index contributed by atoms with van der Waals surface area (Å²) < 4.78 is 106. The van der Waals surface area contributed by atoms with E-state index in [2.05, 4.69) is 68.4 Å². The van der Waals surface area contributed by atoms with Crippen molar-refractivity contribution < 1.29 is 78.8 Å². The summed E-state index contributed by atoms with van der Waals surface area (Å²) in [5.74, 6) is -0.794. The predicted octanol–water partition coefficient (Wildman–Crippen LogP) is 20.6. The maximum atomic E-state index is 13.3. The Hall–Kier alpha value is -16.0. The van der Waals surface area contributed by atoms with Crippen LogP contribution in [0.2, 0.25) is 0 Å². The predicted molar refractivity (Wildman–Crippen MR) is 463 cm³/mol. The molecule has 2 amide bonds. The molecule has 0 fully saturated rings. The lowest BCUT2D eigenvalue weighted by molar-refractivity contribution is -0.137. The van der Waals surface area contributed by atoms with Gasteiger partial charge in [0.2, 0.25) is 10.0 Å². The minimum absolute atomic E-state index is 0.00809.